The van der Waals surface area contributed by atoms with Crippen molar-refractivity contribution in [3.63, 3.8) is 0 Å². The number of nitrogens with one attached hydrogen (secondary N) is 2. The van der Waals surface area contributed by atoms with E-state index in [1.807, 2.05) is 26.0 Å². The third kappa shape index (κ3) is 2.60. The summed E-state index contributed by atoms with van der Waals surface area (Å²) >= 11 is 0. The molecule has 2 rings (SSSR count). The SMILES string of the molecule is CCC(C)C(=O)Nc1cccc2c1NCCC2. The van der Waals surface area contributed by atoms with Gasteiger partial charge in [0.2, 0.25) is 5.91 Å². The van der Waals surface area contributed by atoms with E-state index in [1.165, 1.54) is 5.56 Å². The Bertz CT molecular complexity index is 415. The molecule has 92 valence electrons. The van der Waals surface area contributed by atoms with Gasteiger partial charge in [0.15, 0.2) is 0 Å². The first-order valence-corrected chi connectivity index (χ1v) is 6.39. The van der Waals surface area contributed by atoms with E-state index in [0.29, 0.717) is 0 Å². The Morgan fingerprint density at radius 3 is 3.12 bits per heavy atom. The molecule has 0 aromatic heterocycles. The number of para-hydroxylation sites is 1. The molecule has 1 aliphatic heterocycles. The number of carbonyl (C=O) groups excluding carboxylic acids is 1. The summed E-state index contributed by atoms with van der Waals surface area (Å²) in [6, 6.07) is 6.11. The maximum atomic E-state index is 11.9. The van der Waals surface area contributed by atoms with Crippen LogP contribution in [0.2, 0.25) is 0 Å². The molecule has 1 aromatic rings. The molecule has 0 aliphatic carbocycles. The van der Waals surface area contributed by atoms with Gasteiger partial charge in [-0.1, -0.05) is 26.0 Å². The van der Waals surface area contributed by atoms with Gasteiger partial charge in [0, 0.05) is 12.5 Å². The molecule has 1 aliphatic rings. The zero-order valence-corrected chi connectivity index (χ0v) is 10.5. The van der Waals surface area contributed by atoms with Crippen molar-refractivity contribution in [2.75, 3.05) is 17.2 Å². The second-order valence-electron chi connectivity index (χ2n) is 4.67. The van der Waals surface area contributed by atoms with Crippen molar-refractivity contribution in [1.29, 1.82) is 0 Å². The quantitative estimate of drug-likeness (QED) is 0.841. The van der Waals surface area contributed by atoms with Crippen molar-refractivity contribution >= 4 is 17.3 Å². The van der Waals surface area contributed by atoms with Crippen LogP contribution in [0.1, 0.15) is 32.3 Å². The second-order valence-corrected chi connectivity index (χ2v) is 4.67. The van der Waals surface area contributed by atoms with Crippen molar-refractivity contribution in [2.45, 2.75) is 33.1 Å². The molecular weight excluding hydrogens is 212 g/mol. The van der Waals surface area contributed by atoms with Crippen LogP contribution < -0.4 is 10.6 Å². The van der Waals surface area contributed by atoms with Crippen LogP contribution >= 0.6 is 0 Å². The van der Waals surface area contributed by atoms with Gasteiger partial charge in [0.1, 0.15) is 0 Å². The Morgan fingerprint density at radius 2 is 2.35 bits per heavy atom. The van der Waals surface area contributed by atoms with Crippen LogP contribution in [0.25, 0.3) is 0 Å². The normalized spacial score (nSPS) is 15.6. The van der Waals surface area contributed by atoms with Gasteiger partial charge in [-0.15, -0.1) is 0 Å². The predicted molar refractivity (Wildman–Crippen MR) is 71.3 cm³/mol. The Balaban J connectivity index is 2.18. The summed E-state index contributed by atoms with van der Waals surface area (Å²) in [7, 11) is 0. The molecule has 0 fully saturated rings. The van der Waals surface area contributed by atoms with Crippen LogP contribution in [0.4, 0.5) is 11.4 Å². The van der Waals surface area contributed by atoms with Crippen molar-refractivity contribution < 1.29 is 4.79 Å². The Hall–Kier alpha value is -1.51. The number of benzene rings is 1. The minimum Gasteiger partial charge on any atom is -0.383 e. The predicted octanol–water partition coefficient (Wildman–Crippen LogP) is 3.03. The highest BCUT2D eigenvalue weighted by atomic mass is 16.1. The molecular formula is C14H20N2O. The highest BCUT2D eigenvalue weighted by Crippen LogP contribution is 2.30. The first kappa shape index (κ1) is 12.0. The van der Waals surface area contributed by atoms with E-state index in [4.69, 9.17) is 0 Å². The smallest absolute Gasteiger partial charge is 0.227 e. The van der Waals surface area contributed by atoms with Crippen molar-refractivity contribution in [1.82, 2.24) is 0 Å². The molecule has 17 heavy (non-hydrogen) atoms. The van der Waals surface area contributed by atoms with E-state index >= 15 is 0 Å². The topological polar surface area (TPSA) is 41.1 Å². The fraction of sp³-hybridized carbons (Fsp3) is 0.500. The van der Waals surface area contributed by atoms with Crippen molar-refractivity contribution in [3.8, 4) is 0 Å². The lowest BCUT2D eigenvalue weighted by Gasteiger charge is -2.22. The summed E-state index contributed by atoms with van der Waals surface area (Å²) in [6.07, 6.45) is 3.12. The number of carbonyl (C=O) groups is 1. The van der Waals surface area contributed by atoms with Gasteiger partial charge in [0.05, 0.1) is 11.4 Å². The number of fused-ring (bicyclic) bond motifs is 1. The largest absolute Gasteiger partial charge is 0.383 e. The molecule has 1 heterocycles. The summed E-state index contributed by atoms with van der Waals surface area (Å²) < 4.78 is 0. The van der Waals surface area contributed by atoms with Crippen molar-refractivity contribution in [3.05, 3.63) is 23.8 Å². The lowest BCUT2D eigenvalue weighted by molar-refractivity contribution is -0.119. The molecule has 1 aromatic carbocycles. The number of amides is 1. The van der Waals surface area contributed by atoms with E-state index < -0.39 is 0 Å². The number of hydrogen-bond donors (Lipinski definition) is 2. The molecule has 1 amide bonds. The highest BCUT2D eigenvalue weighted by molar-refractivity contribution is 5.96. The summed E-state index contributed by atoms with van der Waals surface area (Å²) in [6.45, 7) is 4.98. The lowest BCUT2D eigenvalue weighted by atomic mass is 10.0. The molecule has 0 radical (unpaired) electrons. The highest BCUT2D eigenvalue weighted by Gasteiger charge is 2.16. The van der Waals surface area contributed by atoms with Crippen LogP contribution in [0, 0.1) is 5.92 Å². The standard InChI is InChI=1S/C14H20N2O/c1-3-10(2)14(17)16-12-8-4-6-11-7-5-9-15-13(11)12/h4,6,8,10,15H,3,5,7,9H2,1-2H3,(H,16,17). The molecule has 0 spiro atoms. The number of hydrogen-bond acceptors (Lipinski definition) is 2. The minimum absolute atomic E-state index is 0.0643. The van der Waals surface area contributed by atoms with Gasteiger partial charge in [0.25, 0.3) is 0 Å². The van der Waals surface area contributed by atoms with E-state index in [-0.39, 0.29) is 11.8 Å². The zero-order valence-electron chi connectivity index (χ0n) is 10.5. The maximum absolute atomic E-state index is 11.9. The third-order valence-corrected chi connectivity index (χ3v) is 3.39. The third-order valence-electron chi connectivity index (χ3n) is 3.39. The summed E-state index contributed by atoms with van der Waals surface area (Å²) in [5.41, 5.74) is 3.33. The van der Waals surface area contributed by atoms with Crippen molar-refractivity contribution in [2.24, 2.45) is 5.92 Å². The van der Waals surface area contributed by atoms with Gasteiger partial charge >= 0.3 is 0 Å². The van der Waals surface area contributed by atoms with Gasteiger partial charge in [-0.2, -0.15) is 0 Å². The number of rotatable bonds is 3. The van der Waals surface area contributed by atoms with E-state index in [9.17, 15) is 4.79 Å². The first-order chi connectivity index (χ1) is 8.22. The van der Waals surface area contributed by atoms with Crippen LogP contribution in [0.5, 0.6) is 0 Å². The summed E-state index contributed by atoms with van der Waals surface area (Å²) in [5.74, 6) is 0.169. The fourth-order valence-corrected chi connectivity index (χ4v) is 2.05. The lowest BCUT2D eigenvalue weighted by Crippen LogP contribution is -2.22. The molecule has 0 saturated carbocycles. The minimum atomic E-state index is 0.0643. The molecule has 0 bridgehead atoms. The zero-order chi connectivity index (χ0) is 12.3. The van der Waals surface area contributed by atoms with Gasteiger partial charge in [-0.3, -0.25) is 4.79 Å². The average Bonchev–Trinajstić information content (AvgIpc) is 2.38. The molecule has 2 N–H and O–H groups in total. The average molecular weight is 232 g/mol. The van der Waals surface area contributed by atoms with Gasteiger partial charge in [-0.05, 0) is 30.9 Å². The van der Waals surface area contributed by atoms with Gasteiger partial charge < -0.3 is 10.6 Å². The fourth-order valence-electron chi connectivity index (χ4n) is 2.05. The number of anilines is 2. The maximum Gasteiger partial charge on any atom is 0.227 e. The van der Waals surface area contributed by atoms with E-state index in [1.54, 1.807) is 0 Å². The van der Waals surface area contributed by atoms with Crippen LogP contribution in [-0.2, 0) is 11.2 Å². The van der Waals surface area contributed by atoms with Crippen LogP contribution in [0.3, 0.4) is 0 Å². The summed E-state index contributed by atoms with van der Waals surface area (Å²) in [5, 5.41) is 6.40. The van der Waals surface area contributed by atoms with E-state index in [0.717, 1.165) is 37.2 Å². The molecule has 3 heteroatoms. The number of aryl methyl sites for hydroxylation is 1. The summed E-state index contributed by atoms with van der Waals surface area (Å²) in [4.78, 5) is 11.9. The molecule has 0 saturated heterocycles. The van der Waals surface area contributed by atoms with Gasteiger partial charge in [-0.25, -0.2) is 0 Å². The second kappa shape index (κ2) is 5.21. The monoisotopic (exact) mass is 232 g/mol. The Labute approximate surface area is 103 Å². The van der Waals surface area contributed by atoms with E-state index in [2.05, 4.69) is 16.7 Å². The molecule has 1 atom stereocenters. The van der Waals surface area contributed by atoms with Crippen LogP contribution in [0.15, 0.2) is 18.2 Å². The Kier molecular flexibility index (Phi) is 3.67. The Morgan fingerprint density at radius 1 is 1.53 bits per heavy atom. The first-order valence-electron chi connectivity index (χ1n) is 6.39. The van der Waals surface area contributed by atoms with Crippen LogP contribution in [-0.4, -0.2) is 12.5 Å². The molecule has 1 unspecified atom stereocenters. The molecule has 3 nitrogen and oxygen atoms in total.